The molecule has 0 aliphatic carbocycles. The van der Waals surface area contributed by atoms with Gasteiger partial charge in [0.1, 0.15) is 29.6 Å². The first-order valence-corrected chi connectivity index (χ1v) is 36.8. The molecule has 38 heteroatoms. The van der Waals surface area contributed by atoms with Crippen LogP contribution in [0.25, 0.3) is 28.0 Å². The lowest BCUT2D eigenvalue weighted by Crippen LogP contribution is -2.36. The Morgan fingerprint density at radius 3 is 1.29 bits per heavy atom. The van der Waals surface area contributed by atoms with Gasteiger partial charge in [-0.15, -0.1) is 0 Å². The molecule has 2 aliphatic rings. The SMILES string of the molecule is CC(C)(C)c1cc(NC(=O)Nc2ccc3[nH]ccc3c2)n(-c2ccc(Cn3sc(=O)[nH]c3=O)cc2)n1.CN1C(=O)NS(=O)(=O)N1Cc1ccc(-n2nc(C(C)(C)C)cc2NC(=O)Nc2ccc(Cl)cc2)cc1.CN1C(=O)NS(=O)(=O)N1Cc1ccc(-n2nc(C(C)(C)C)cc2NC(=O)Nc2ccncn2)cc1. The van der Waals surface area contributed by atoms with Crippen LogP contribution < -0.4 is 51.9 Å². The summed E-state index contributed by atoms with van der Waals surface area (Å²) in [4.78, 5) is 97.5. The van der Waals surface area contributed by atoms with Crippen molar-refractivity contribution < 1.29 is 40.8 Å². The predicted molar refractivity (Wildman–Crippen MR) is 406 cm³/mol. The van der Waals surface area contributed by atoms with Gasteiger partial charge in [-0.2, -0.15) is 32.1 Å². The van der Waals surface area contributed by atoms with Crippen LogP contribution in [-0.2, 0) is 56.3 Å². The van der Waals surface area contributed by atoms with E-state index in [0.29, 0.717) is 62.2 Å². The van der Waals surface area contributed by atoms with Gasteiger partial charge in [0.2, 0.25) is 0 Å². The summed E-state index contributed by atoms with van der Waals surface area (Å²) >= 11 is 6.75. The predicted octanol–water partition coefficient (Wildman–Crippen LogP) is 10.6. The minimum Gasteiger partial charge on any atom is -0.361 e. The number of aromatic amines is 2. The number of anilines is 6. The standard InChI is InChI=1S/C25H25N7O3S.C23H26ClN7O4S.C21H25N9O4S/c1-25(2,3)20-13-21(28-22(33)27-17-6-9-19-16(12-17)10-11-26-19)32(30-20)18-7-4-15(5-8-18)14-31-23(34)29-24(35)36-31;1-23(2,3)19-13-20(26-21(32)25-17-9-7-16(24)8-10-17)31(27-19)18-11-5-15(6-12-18)14-30-29(4)22(33)28-36(30,34)35;1-21(2,3)16-11-18(25-19(31)24-17-9-10-22-13-23-17)30(26-16)15-7-5-14(6-8-15)12-29-28(4)20(32)27-35(29,33)34/h4-13,26H,14H2,1-3H3,(H2,27,28,33)(H,29,34,35);5-13H,14H2,1-4H3,(H,28,33)(H2,25,26,32);5-11,13H,12H2,1-4H3,(H,27,32)(H2,22,23,24,25,31). The Morgan fingerprint density at radius 1 is 0.495 bits per heavy atom. The third-order valence-corrected chi connectivity index (χ3v) is 20.0. The Labute approximate surface area is 622 Å². The van der Waals surface area contributed by atoms with Crippen LogP contribution in [0.15, 0.2) is 174 Å². The van der Waals surface area contributed by atoms with Crippen LogP contribution in [0.3, 0.4) is 0 Å². The first-order chi connectivity index (χ1) is 50.4. The second-order valence-electron chi connectivity index (χ2n) is 27.5. The third kappa shape index (κ3) is 18.6. The van der Waals surface area contributed by atoms with Crippen molar-refractivity contribution >= 4 is 119 Å². The molecule has 11 aromatic rings. The van der Waals surface area contributed by atoms with Gasteiger partial charge in [-0.3, -0.25) is 31.0 Å². The molecule has 34 nitrogen and oxygen atoms in total. The van der Waals surface area contributed by atoms with Gasteiger partial charge >= 0.3 is 61.1 Å². The van der Waals surface area contributed by atoms with E-state index in [1.807, 2.05) is 112 Å². The number of hydrogen-bond donors (Lipinski definition) is 10. The number of carbonyl (C=O) groups excluding carboxylic acids is 5. The molecule has 6 aromatic heterocycles. The molecule has 558 valence electrons. The minimum atomic E-state index is -3.93. The van der Waals surface area contributed by atoms with Gasteiger partial charge in [0.05, 0.1) is 53.8 Å². The lowest BCUT2D eigenvalue weighted by Gasteiger charge is -2.20. The van der Waals surface area contributed by atoms with Crippen molar-refractivity contribution in [1.82, 2.24) is 81.5 Å². The highest BCUT2D eigenvalue weighted by molar-refractivity contribution is 7.88. The average Bonchev–Trinajstić information content (AvgIpc) is 1.75. The molecule has 2 saturated heterocycles. The quantitative estimate of drug-likeness (QED) is 0.0456. The van der Waals surface area contributed by atoms with Crippen molar-refractivity contribution in [2.24, 2.45) is 0 Å². The smallest absolute Gasteiger partial charge is 0.347 e. The topological polar surface area (TPSA) is 413 Å². The number of urea groups is 5. The second-order valence-corrected chi connectivity index (χ2v) is 32.1. The Morgan fingerprint density at radius 2 is 0.907 bits per heavy atom. The molecule has 2 aliphatic heterocycles. The molecule has 0 atom stereocenters. The van der Waals surface area contributed by atoms with Gasteiger partial charge < -0.3 is 15.6 Å². The largest absolute Gasteiger partial charge is 0.361 e. The number of halogens is 1. The van der Waals surface area contributed by atoms with Gasteiger partial charge in [-0.05, 0) is 108 Å². The maximum atomic E-state index is 12.9. The number of fused-ring (bicyclic) bond motifs is 1. The van der Waals surface area contributed by atoms with Crippen LogP contribution in [0.2, 0.25) is 5.02 Å². The number of H-pyrrole nitrogens is 2. The number of nitrogens with one attached hydrogen (secondary N) is 10. The molecule has 0 unspecified atom stereocenters. The van der Waals surface area contributed by atoms with Crippen molar-refractivity contribution in [3.63, 3.8) is 0 Å². The van der Waals surface area contributed by atoms with Gasteiger partial charge in [-0.1, -0.05) is 119 Å². The monoisotopic (exact) mass is 1530 g/mol. The summed E-state index contributed by atoms with van der Waals surface area (Å²) in [5.74, 6) is 1.76. The van der Waals surface area contributed by atoms with E-state index in [-0.39, 0.29) is 46.8 Å². The van der Waals surface area contributed by atoms with Gasteiger partial charge in [0.25, 0.3) is 0 Å². The fourth-order valence-electron chi connectivity index (χ4n) is 10.4. The van der Waals surface area contributed by atoms with Crippen LogP contribution in [-0.4, -0.2) is 133 Å². The molecular formula is C69H76ClN23O11S3. The van der Waals surface area contributed by atoms with E-state index in [4.69, 9.17) is 16.7 Å². The van der Waals surface area contributed by atoms with E-state index in [1.165, 1.54) is 30.6 Å². The van der Waals surface area contributed by atoms with E-state index in [1.54, 1.807) is 105 Å². The zero-order valence-corrected chi connectivity index (χ0v) is 62.8. The molecule has 107 heavy (non-hydrogen) atoms. The number of nitrogens with zero attached hydrogens (tertiary/aromatic N) is 13. The van der Waals surface area contributed by atoms with E-state index >= 15 is 0 Å². The summed E-state index contributed by atoms with van der Waals surface area (Å²) < 4.78 is 60.6. The second kappa shape index (κ2) is 30.6. The van der Waals surface area contributed by atoms with Crippen molar-refractivity contribution in [2.45, 2.75) is 98.2 Å². The van der Waals surface area contributed by atoms with Crippen LogP contribution in [0.4, 0.5) is 58.6 Å². The molecule has 10 N–H and O–H groups in total. The number of hydrazine groups is 2. The van der Waals surface area contributed by atoms with Crippen LogP contribution in [0.5, 0.6) is 0 Å². The molecule has 0 spiro atoms. The number of hydrogen-bond acceptors (Lipinski definition) is 17. The van der Waals surface area contributed by atoms with Crippen LogP contribution in [0, 0.1) is 0 Å². The minimum absolute atomic E-state index is 0.0290. The normalized spacial score (nSPS) is 14.3. The Bertz CT molecular complexity index is 5480. The summed E-state index contributed by atoms with van der Waals surface area (Å²) in [6, 6.07) is 40.0. The molecule has 0 saturated carbocycles. The fourth-order valence-corrected chi connectivity index (χ4v) is 13.6. The summed E-state index contributed by atoms with van der Waals surface area (Å²) in [6.45, 7) is 18.5. The highest BCUT2D eigenvalue weighted by atomic mass is 35.5. The summed E-state index contributed by atoms with van der Waals surface area (Å²) in [6.07, 6.45) is 4.70. The Hall–Kier alpha value is -12.0. The highest BCUT2D eigenvalue weighted by Gasteiger charge is 2.40. The maximum Gasteiger partial charge on any atom is 0.347 e. The first kappa shape index (κ1) is 76.1. The van der Waals surface area contributed by atoms with Gasteiger partial charge in [0.15, 0.2) is 0 Å². The Balaban J connectivity index is 0.000000160. The van der Waals surface area contributed by atoms with Crippen molar-refractivity contribution in [2.75, 3.05) is 46.0 Å². The van der Waals surface area contributed by atoms with E-state index in [9.17, 15) is 50.4 Å². The lowest BCUT2D eigenvalue weighted by molar-refractivity contribution is 0.132. The first-order valence-electron chi connectivity index (χ1n) is 32.8. The van der Waals surface area contributed by atoms with Crippen LogP contribution >= 0.6 is 23.1 Å². The van der Waals surface area contributed by atoms with Crippen molar-refractivity contribution in [3.8, 4) is 17.1 Å². The van der Waals surface area contributed by atoms with Gasteiger partial charge in [0, 0.05) is 99.8 Å². The number of carbonyl (C=O) groups is 5. The third-order valence-electron chi connectivity index (χ3n) is 16.3. The molecule has 5 aromatic carbocycles. The number of rotatable bonds is 15. The zero-order chi connectivity index (χ0) is 77.1. The molecule has 13 rings (SSSR count). The van der Waals surface area contributed by atoms with E-state index < -0.39 is 50.2 Å². The fraction of sp³-hybridized carbons (Fsp3) is 0.246. The number of amides is 10. The number of aromatic nitrogens is 11. The van der Waals surface area contributed by atoms with E-state index in [2.05, 4.69) is 82.8 Å². The summed E-state index contributed by atoms with van der Waals surface area (Å²) in [5, 5.41) is 34.5. The molecule has 8 heterocycles. The van der Waals surface area contributed by atoms with E-state index in [0.717, 1.165) is 69.6 Å². The van der Waals surface area contributed by atoms with Crippen LogP contribution in [0.1, 0.15) is 96.1 Å². The molecular weight excluding hydrogens is 1460 g/mol. The zero-order valence-electron chi connectivity index (χ0n) is 59.6. The van der Waals surface area contributed by atoms with Crippen molar-refractivity contribution in [1.29, 1.82) is 0 Å². The van der Waals surface area contributed by atoms with Gasteiger partial charge in [-0.25, -0.2) is 76.2 Å². The number of benzene rings is 5. The summed E-state index contributed by atoms with van der Waals surface area (Å²) in [5.41, 5.74) is 7.59. The molecule has 10 amide bonds. The average molecular weight is 1540 g/mol. The maximum absolute atomic E-state index is 12.9. The molecule has 0 bridgehead atoms. The lowest BCUT2D eigenvalue weighted by atomic mass is 9.92. The van der Waals surface area contributed by atoms with Crippen molar-refractivity contribution in [3.05, 3.63) is 223 Å². The highest BCUT2D eigenvalue weighted by Crippen LogP contribution is 2.32. The molecule has 0 radical (unpaired) electrons. The Kier molecular flexibility index (Phi) is 21.8. The summed E-state index contributed by atoms with van der Waals surface area (Å²) in [7, 11) is -5.11. The molecule has 2 fully saturated rings.